The lowest BCUT2D eigenvalue weighted by molar-refractivity contribution is -0.126. The van der Waals surface area contributed by atoms with Crippen molar-refractivity contribution < 1.29 is 19.4 Å². The Hall–Kier alpha value is -2.04. The molecule has 0 saturated carbocycles. The van der Waals surface area contributed by atoms with Gasteiger partial charge >= 0.3 is 5.97 Å². The molecule has 0 spiro atoms. The first-order valence-corrected chi connectivity index (χ1v) is 5.18. The lowest BCUT2D eigenvalue weighted by Crippen LogP contribution is -2.34. The van der Waals surface area contributed by atoms with Gasteiger partial charge in [0.25, 0.3) is 5.91 Å². The second kappa shape index (κ2) is 5.34. The Labute approximate surface area is 99.4 Å². The number of carbonyl (C=O) groups excluding carboxylic acids is 1. The molecule has 2 N–H and O–H groups in total. The first-order valence-electron chi connectivity index (χ1n) is 5.18. The van der Waals surface area contributed by atoms with E-state index in [-0.39, 0.29) is 17.2 Å². The molecule has 5 heteroatoms. The third-order valence-electron chi connectivity index (χ3n) is 2.28. The Morgan fingerprint density at radius 2 is 2.06 bits per heavy atom. The molecule has 0 heterocycles. The summed E-state index contributed by atoms with van der Waals surface area (Å²) in [5.41, 5.74) is 0.878. The van der Waals surface area contributed by atoms with E-state index in [1.165, 1.54) is 13.1 Å². The average Bonchev–Trinajstić information content (AvgIpc) is 2.29. The van der Waals surface area contributed by atoms with Crippen molar-refractivity contribution in [3.05, 3.63) is 29.3 Å². The van der Waals surface area contributed by atoms with Crippen LogP contribution in [0.5, 0.6) is 5.75 Å². The van der Waals surface area contributed by atoms with E-state index in [1.54, 1.807) is 26.0 Å². The highest BCUT2D eigenvalue weighted by Crippen LogP contribution is 2.21. The fourth-order valence-electron chi connectivity index (χ4n) is 1.36. The molecule has 92 valence electrons. The lowest BCUT2D eigenvalue weighted by atomic mass is 10.1. The van der Waals surface area contributed by atoms with Crippen LogP contribution >= 0.6 is 0 Å². The molecule has 0 radical (unpaired) electrons. The second-order valence-corrected chi connectivity index (χ2v) is 3.68. The first-order chi connectivity index (χ1) is 7.95. The maximum absolute atomic E-state index is 11.3. The molecule has 1 atom stereocenters. The summed E-state index contributed by atoms with van der Waals surface area (Å²) in [6.45, 7) is 3.35. The van der Waals surface area contributed by atoms with Crippen molar-refractivity contribution in [3.63, 3.8) is 0 Å². The predicted octanol–water partition coefficient (Wildman–Crippen LogP) is 1.21. The van der Waals surface area contributed by atoms with Crippen LogP contribution in [0.3, 0.4) is 0 Å². The molecule has 1 unspecified atom stereocenters. The smallest absolute Gasteiger partial charge is 0.339 e. The van der Waals surface area contributed by atoms with Gasteiger partial charge in [-0.3, -0.25) is 4.79 Å². The molecule has 1 amide bonds. The average molecular weight is 237 g/mol. The third kappa shape index (κ3) is 3.21. The molecule has 0 fully saturated rings. The first kappa shape index (κ1) is 13.0. The van der Waals surface area contributed by atoms with Gasteiger partial charge in [0.15, 0.2) is 6.10 Å². The van der Waals surface area contributed by atoms with Gasteiger partial charge in [-0.15, -0.1) is 0 Å². The van der Waals surface area contributed by atoms with Gasteiger partial charge in [-0.1, -0.05) is 11.6 Å². The van der Waals surface area contributed by atoms with Crippen LogP contribution in [0.4, 0.5) is 0 Å². The van der Waals surface area contributed by atoms with Gasteiger partial charge < -0.3 is 15.2 Å². The van der Waals surface area contributed by atoms with Crippen LogP contribution in [0.15, 0.2) is 18.2 Å². The number of hydrogen-bond acceptors (Lipinski definition) is 3. The minimum atomic E-state index is -1.08. The number of carboxylic acid groups (broad SMARTS) is 1. The molecule has 5 nitrogen and oxygen atoms in total. The lowest BCUT2D eigenvalue weighted by Gasteiger charge is -2.15. The number of amides is 1. The maximum atomic E-state index is 11.3. The predicted molar refractivity (Wildman–Crippen MR) is 62.3 cm³/mol. The molecule has 1 aromatic rings. The van der Waals surface area contributed by atoms with Gasteiger partial charge in [0, 0.05) is 7.05 Å². The van der Waals surface area contributed by atoms with Gasteiger partial charge in [-0.2, -0.15) is 0 Å². The zero-order chi connectivity index (χ0) is 13.0. The van der Waals surface area contributed by atoms with E-state index >= 15 is 0 Å². The highest BCUT2D eigenvalue weighted by Gasteiger charge is 2.17. The van der Waals surface area contributed by atoms with Crippen LogP contribution in [-0.2, 0) is 4.79 Å². The maximum Gasteiger partial charge on any atom is 0.339 e. The molecular formula is C12H15NO4. The van der Waals surface area contributed by atoms with Gasteiger partial charge in [0.05, 0.1) is 0 Å². The van der Waals surface area contributed by atoms with Gasteiger partial charge in [-0.05, 0) is 26.0 Å². The van der Waals surface area contributed by atoms with E-state index in [4.69, 9.17) is 9.84 Å². The number of likely N-dealkylation sites (N-methyl/N-ethyl adjacent to an activating group) is 1. The summed E-state index contributed by atoms with van der Waals surface area (Å²) in [7, 11) is 1.50. The monoisotopic (exact) mass is 237 g/mol. The Balaban J connectivity index is 2.98. The van der Waals surface area contributed by atoms with E-state index in [2.05, 4.69) is 5.32 Å². The van der Waals surface area contributed by atoms with E-state index in [0.717, 1.165) is 5.56 Å². The Morgan fingerprint density at radius 3 is 2.59 bits per heavy atom. The van der Waals surface area contributed by atoms with Crippen molar-refractivity contribution in [2.45, 2.75) is 20.0 Å². The Morgan fingerprint density at radius 1 is 1.41 bits per heavy atom. The summed E-state index contributed by atoms with van der Waals surface area (Å²) < 4.78 is 5.32. The highest BCUT2D eigenvalue weighted by molar-refractivity contribution is 5.91. The minimum absolute atomic E-state index is 0.0563. The van der Waals surface area contributed by atoms with Crippen molar-refractivity contribution >= 4 is 11.9 Å². The third-order valence-corrected chi connectivity index (χ3v) is 2.28. The van der Waals surface area contributed by atoms with Crippen LogP contribution in [0, 0.1) is 6.92 Å². The number of rotatable bonds is 4. The largest absolute Gasteiger partial charge is 0.480 e. The van der Waals surface area contributed by atoms with Crippen molar-refractivity contribution in [1.29, 1.82) is 0 Å². The summed E-state index contributed by atoms with van der Waals surface area (Å²) in [6, 6.07) is 4.80. The topological polar surface area (TPSA) is 75.6 Å². The molecule has 0 aromatic heterocycles. The van der Waals surface area contributed by atoms with Crippen molar-refractivity contribution in [2.75, 3.05) is 7.05 Å². The molecular weight excluding hydrogens is 222 g/mol. The fourth-order valence-corrected chi connectivity index (χ4v) is 1.36. The summed E-state index contributed by atoms with van der Waals surface area (Å²) >= 11 is 0. The number of benzene rings is 1. The zero-order valence-electron chi connectivity index (χ0n) is 9.98. The van der Waals surface area contributed by atoms with E-state index < -0.39 is 12.1 Å². The normalized spacial score (nSPS) is 11.7. The summed E-state index contributed by atoms with van der Waals surface area (Å²) in [5, 5.41) is 11.5. The Bertz CT molecular complexity index is 442. The fraction of sp³-hybridized carbons (Fsp3) is 0.333. The van der Waals surface area contributed by atoms with Crippen LogP contribution < -0.4 is 10.1 Å². The van der Waals surface area contributed by atoms with E-state index in [9.17, 15) is 9.59 Å². The minimum Gasteiger partial charge on any atom is -0.480 e. The summed E-state index contributed by atoms with van der Waals surface area (Å²) in [6.07, 6.45) is -0.735. The number of ether oxygens (including phenoxy) is 1. The second-order valence-electron chi connectivity index (χ2n) is 3.68. The van der Waals surface area contributed by atoms with Gasteiger partial charge in [-0.25, -0.2) is 4.79 Å². The number of aryl methyl sites for hydroxylation is 1. The summed E-state index contributed by atoms with van der Waals surface area (Å²) in [5.74, 6) is -1.19. The standard InChI is InChI=1S/C12H15NO4/c1-7-4-5-10(9(6-7)12(15)16)17-8(2)11(14)13-3/h4-6,8H,1-3H3,(H,13,14)(H,15,16). The number of nitrogens with one attached hydrogen (secondary N) is 1. The quantitative estimate of drug-likeness (QED) is 0.825. The van der Waals surface area contributed by atoms with Crippen LogP contribution in [0.2, 0.25) is 0 Å². The molecule has 1 rings (SSSR count). The number of hydrogen-bond donors (Lipinski definition) is 2. The molecule has 0 saturated heterocycles. The highest BCUT2D eigenvalue weighted by atomic mass is 16.5. The number of aromatic carboxylic acids is 1. The van der Waals surface area contributed by atoms with Crippen molar-refractivity contribution in [3.8, 4) is 5.75 Å². The van der Waals surface area contributed by atoms with Crippen molar-refractivity contribution in [1.82, 2.24) is 5.32 Å². The molecule has 0 bridgehead atoms. The molecule has 0 aliphatic carbocycles. The van der Waals surface area contributed by atoms with Crippen LogP contribution in [-0.4, -0.2) is 30.1 Å². The van der Waals surface area contributed by atoms with E-state index in [1.807, 2.05) is 0 Å². The molecule has 0 aliphatic rings. The SMILES string of the molecule is CNC(=O)C(C)Oc1ccc(C)cc1C(=O)O. The van der Waals surface area contributed by atoms with Gasteiger partial charge in [0.1, 0.15) is 11.3 Å². The zero-order valence-corrected chi connectivity index (χ0v) is 9.98. The number of carbonyl (C=O) groups is 2. The summed E-state index contributed by atoms with van der Waals surface area (Å²) in [4.78, 5) is 22.3. The van der Waals surface area contributed by atoms with Crippen LogP contribution in [0.1, 0.15) is 22.8 Å². The molecule has 17 heavy (non-hydrogen) atoms. The van der Waals surface area contributed by atoms with E-state index in [0.29, 0.717) is 0 Å². The van der Waals surface area contributed by atoms with Gasteiger partial charge in [0.2, 0.25) is 0 Å². The number of carboxylic acids is 1. The molecule has 0 aliphatic heterocycles. The Kier molecular flexibility index (Phi) is 4.09. The molecule has 1 aromatic carbocycles. The van der Waals surface area contributed by atoms with Crippen LogP contribution in [0.25, 0.3) is 0 Å². The van der Waals surface area contributed by atoms with Crippen molar-refractivity contribution in [2.24, 2.45) is 0 Å².